The second-order valence-corrected chi connectivity index (χ2v) is 13.3. The van der Waals surface area contributed by atoms with Gasteiger partial charge in [0.05, 0.1) is 18.8 Å². The van der Waals surface area contributed by atoms with Crippen LogP contribution in [-0.2, 0) is 36.8 Å². The maximum absolute atomic E-state index is 14.1. The number of hydrogen-bond donors (Lipinski definition) is 3. The molecule has 3 aliphatic heterocycles. The largest absolute Gasteiger partial charge is 0.479 e. The van der Waals surface area contributed by atoms with E-state index >= 15 is 0 Å². The van der Waals surface area contributed by atoms with Crippen LogP contribution in [-0.4, -0.2) is 97.3 Å². The normalized spacial score (nSPS) is 28.8. The molecule has 0 aromatic carbocycles. The van der Waals surface area contributed by atoms with Crippen molar-refractivity contribution in [1.29, 1.82) is 0 Å². The third-order valence-electron chi connectivity index (χ3n) is 8.70. The van der Waals surface area contributed by atoms with E-state index in [1.165, 1.54) is 16.1 Å². The molecule has 1 saturated carbocycles. The molecule has 4 amide bonds. The van der Waals surface area contributed by atoms with E-state index in [0.29, 0.717) is 25.8 Å². The van der Waals surface area contributed by atoms with Crippen LogP contribution < -0.4 is 10.6 Å². The quantitative estimate of drug-likeness (QED) is 0.422. The Bertz CT molecular complexity index is 1360. The van der Waals surface area contributed by atoms with Gasteiger partial charge in [-0.15, -0.1) is 0 Å². The van der Waals surface area contributed by atoms with E-state index in [1.807, 2.05) is 12.2 Å². The molecule has 2 fully saturated rings. The van der Waals surface area contributed by atoms with Gasteiger partial charge in [0.2, 0.25) is 11.8 Å². The number of carboxylic acids is 1. The molecule has 4 aliphatic rings. The fraction of sp³-hybridized carbons (Fsp3) is 0.645. The maximum Gasteiger partial charge on any atom is 0.410 e. The first-order valence-electron chi connectivity index (χ1n) is 15.6. The van der Waals surface area contributed by atoms with Gasteiger partial charge < -0.3 is 35.0 Å². The fourth-order valence-corrected chi connectivity index (χ4v) is 6.24. The molecule has 5 atom stereocenters. The number of rotatable bonds is 3. The molecule has 0 spiro atoms. The molecular weight excluding hydrogens is 584 g/mol. The number of ether oxygens (including phenoxy) is 2. The van der Waals surface area contributed by atoms with Gasteiger partial charge >= 0.3 is 18.2 Å². The van der Waals surface area contributed by atoms with Crippen LogP contribution in [0.4, 0.5) is 9.59 Å². The Kier molecular flexibility index (Phi) is 9.31. The molecule has 244 valence electrons. The number of nitrogens with zero attached hydrogens (tertiary/aromatic N) is 4. The van der Waals surface area contributed by atoms with Crippen molar-refractivity contribution < 1.29 is 38.6 Å². The number of aliphatic carboxylic acids is 1. The summed E-state index contributed by atoms with van der Waals surface area (Å²) in [6, 6.07) is -2.11. The predicted octanol–water partition coefficient (Wildman–Crippen LogP) is 2.31. The minimum absolute atomic E-state index is 0.0216. The van der Waals surface area contributed by atoms with E-state index in [0.717, 1.165) is 30.5 Å². The Balaban J connectivity index is 1.36. The van der Waals surface area contributed by atoms with Crippen molar-refractivity contribution in [3.05, 3.63) is 35.9 Å². The SMILES string of the molecule is CC(C)(C)OC(=O)N[C@H]1CCCCCC=C[C@@H]2C[C@@]2(C(=O)O)NC(=O)[C@@H]2C[C@@H](OC(=O)N3CCc4ncncc4C3)CN2C1=O. The number of hydrogen-bond acceptors (Lipinski definition) is 9. The number of fused-ring (bicyclic) bond motifs is 3. The van der Waals surface area contributed by atoms with E-state index in [2.05, 4.69) is 20.6 Å². The van der Waals surface area contributed by atoms with Crippen molar-refractivity contribution in [3.8, 4) is 0 Å². The molecule has 1 aromatic heterocycles. The third kappa shape index (κ3) is 7.54. The number of aromatic nitrogens is 2. The summed E-state index contributed by atoms with van der Waals surface area (Å²) < 4.78 is 11.2. The lowest BCUT2D eigenvalue weighted by molar-refractivity contribution is -0.145. The molecule has 1 aromatic rings. The smallest absolute Gasteiger partial charge is 0.410 e. The van der Waals surface area contributed by atoms with E-state index in [9.17, 15) is 29.1 Å². The summed E-state index contributed by atoms with van der Waals surface area (Å²) in [5.74, 6) is -2.67. The fourth-order valence-electron chi connectivity index (χ4n) is 6.24. The van der Waals surface area contributed by atoms with Gasteiger partial charge in [0.25, 0.3) is 0 Å². The van der Waals surface area contributed by atoms with Gasteiger partial charge in [-0.3, -0.25) is 9.59 Å². The Morgan fingerprint density at radius 1 is 1.18 bits per heavy atom. The first-order chi connectivity index (χ1) is 21.4. The van der Waals surface area contributed by atoms with Gasteiger partial charge in [-0.1, -0.05) is 25.0 Å². The second kappa shape index (κ2) is 13.0. The van der Waals surface area contributed by atoms with Crippen molar-refractivity contribution in [2.75, 3.05) is 13.1 Å². The van der Waals surface area contributed by atoms with Crippen molar-refractivity contribution in [3.63, 3.8) is 0 Å². The number of allylic oxidation sites excluding steroid dienone is 1. The Morgan fingerprint density at radius 2 is 1.98 bits per heavy atom. The summed E-state index contributed by atoms with van der Waals surface area (Å²) in [5, 5.41) is 15.4. The monoisotopic (exact) mass is 626 g/mol. The summed E-state index contributed by atoms with van der Waals surface area (Å²) >= 11 is 0. The highest BCUT2D eigenvalue weighted by Gasteiger charge is 2.61. The first kappa shape index (κ1) is 32.2. The Labute approximate surface area is 261 Å². The molecule has 14 nitrogen and oxygen atoms in total. The highest BCUT2D eigenvalue weighted by atomic mass is 16.6. The molecule has 0 radical (unpaired) electrons. The zero-order valence-electron chi connectivity index (χ0n) is 26.0. The van der Waals surface area contributed by atoms with Gasteiger partial charge in [0, 0.05) is 37.1 Å². The van der Waals surface area contributed by atoms with Gasteiger partial charge in [-0.2, -0.15) is 0 Å². The number of carbonyl (C=O) groups excluding carboxylic acids is 4. The van der Waals surface area contributed by atoms with Crippen molar-refractivity contribution in [1.82, 2.24) is 30.4 Å². The molecule has 14 heteroatoms. The molecular formula is C31H42N6O8. The standard InChI is InChI=1S/C31H42N6O8/c1-30(2,3)45-28(42)34-23-10-8-6-4-5-7-9-20-14-31(20,27(40)41)35-25(38)24-13-21(17-37(24)26(23)39)44-29(43)36-12-11-22-19(16-36)15-32-18-33-22/h7,9,15,18,20-21,23-24H,4-6,8,10-14,16-17H2,1-3H3,(H,34,42)(H,35,38)(H,40,41)/t20-,21-,23+,24+,31-/m1/s1. The lowest BCUT2D eigenvalue weighted by Crippen LogP contribution is -2.56. The highest BCUT2D eigenvalue weighted by Crippen LogP contribution is 2.45. The number of amides is 4. The van der Waals surface area contributed by atoms with Crippen LogP contribution >= 0.6 is 0 Å². The molecule has 3 N–H and O–H groups in total. The zero-order valence-corrected chi connectivity index (χ0v) is 26.0. The molecule has 0 bridgehead atoms. The van der Waals surface area contributed by atoms with Crippen LogP contribution in [0.2, 0.25) is 0 Å². The predicted molar refractivity (Wildman–Crippen MR) is 159 cm³/mol. The van der Waals surface area contributed by atoms with Crippen LogP contribution in [0.25, 0.3) is 0 Å². The lowest BCUT2D eigenvalue weighted by atomic mass is 10.0. The van der Waals surface area contributed by atoms with Crippen LogP contribution in [0.5, 0.6) is 0 Å². The van der Waals surface area contributed by atoms with Gasteiger partial charge in [-0.25, -0.2) is 24.4 Å². The lowest BCUT2D eigenvalue weighted by Gasteiger charge is -2.30. The van der Waals surface area contributed by atoms with Crippen molar-refractivity contribution in [2.45, 2.75) is 108 Å². The maximum atomic E-state index is 14.1. The minimum atomic E-state index is -1.46. The first-order valence-corrected chi connectivity index (χ1v) is 15.6. The zero-order chi connectivity index (χ0) is 32.4. The average molecular weight is 627 g/mol. The molecule has 1 aliphatic carbocycles. The summed E-state index contributed by atoms with van der Waals surface area (Å²) in [5.41, 5.74) is -0.569. The topological polar surface area (TPSA) is 180 Å². The van der Waals surface area contributed by atoms with Gasteiger partial charge in [0.15, 0.2) is 0 Å². The van der Waals surface area contributed by atoms with Crippen molar-refractivity contribution >= 4 is 30.0 Å². The van der Waals surface area contributed by atoms with Crippen molar-refractivity contribution in [2.24, 2.45) is 5.92 Å². The number of nitrogens with one attached hydrogen (secondary N) is 2. The van der Waals surface area contributed by atoms with Gasteiger partial charge in [0.1, 0.15) is 35.7 Å². The summed E-state index contributed by atoms with van der Waals surface area (Å²) in [6.45, 7) is 5.72. The number of carbonyl (C=O) groups is 5. The third-order valence-corrected chi connectivity index (χ3v) is 8.70. The Morgan fingerprint density at radius 3 is 2.73 bits per heavy atom. The van der Waals surface area contributed by atoms with Crippen LogP contribution in [0.1, 0.15) is 77.0 Å². The van der Waals surface area contributed by atoms with Crippen LogP contribution in [0, 0.1) is 5.92 Å². The second-order valence-electron chi connectivity index (χ2n) is 13.3. The summed E-state index contributed by atoms with van der Waals surface area (Å²) in [4.78, 5) is 77.2. The summed E-state index contributed by atoms with van der Waals surface area (Å²) in [7, 11) is 0. The van der Waals surface area contributed by atoms with E-state index in [4.69, 9.17) is 9.47 Å². The average Bonchev–Trinajstić information content (AvgIpc) is 3.51. The highest BCUT2D eigenvalue weighted by molar-refractivity contribution is 5.96. The van der Waals surface area contributed by atoms with Gasteiger partial charge in [-0.05, 0) is 46.5 Å². The number of alkyl carbamates (subject to hydrolysis) is 1. The minimum Gasteiger partial charge on any atom is -0.479 e. The molecule has 45 heavy (non-hydrogen) atoms. The molecule has 5 rings (SSSR count). The number of carboxylic acid groups (broad SMARTS) is 1. The van der Waals surface area contributed by atoms with E-state index < -0.39 is 59.3 Å². The van der Waals surface area contributed by atoms with Crippen LogP contribution in [0.3, 0.4) is 0 Å². The Hall–Kier alpha value is -4.23. The van der Waals surface area contributed by atoms with E-state index in [-0.39, 0.29) is 31.8 Å². The van der Waals surface area contributed by atoms with Crippen LogP contribution in [0.15, 0.2) is 24.7 Å². The van der Waals surface area contributed by atoms with E-state index in [1.54, 1.807) is 27.0 Å². The molecule has 0 unspecified atom stereocenters. The molecule has 1 saturated heterocycles. The molecule has 4 heterocycles. The summed E-state index contributed by atoms with van der Waals surface area (Å²) in [6.07, 6.45) is 8.75.